The van der Waals surface area contributed by atoms with Crippen molar-refractivity contribution in [2.24, 2.45) is 0 Å². The van der Waals surface area contributed by atoms with Crippen LogP contribution in [-0.4, -0.2) is 12.4 Å². The van der Waals surface area contributed by atoms with Crippen molar-refractivity contribution in [1.82, 2.24) is 0 Å². The van der Waals surface area contributed by atoms with Gasteiger partial charge in [-0.1, -0.05) is 230 Å². The molecule has 0 saturated heterocycles. The van der Waals surface area contributed by atoms with Crippen molar-refractivity contribution in [2.45, 2.75) is 173 Å². The molecule has 1 aromatic heterocycles. The third-order valence-electron chi connectivity index (χ3n) is 23.9. The summed E-state index contributed by atoms with van der Waals surface area (Å²) < 4.78 is 2.60. The van der Waals surface area contributed by atoms with Gasteiger partial charge in [-0.15, -0.1) is 11.3 Å². The fraction of sp³-hybridized carbons (Fsp3) is 0.310. The molecular formula is C87H86BN3S. The zero-order valence-electron chi connectivity index (χ0n) is 56.5. The molecule has 0 N–H and O–H groups in total. The molecule has 0 radical (unpaired) electrons. The molecular weight excluding hydrogens is 1130 g/mol. The summed E-state index contributed by atoms with van der Waals surface area (Å²) in [7, 11) is 0. The summed E-state index contributed by atoms with van der Waals surface area (Å²) in [6.45, 7) is 34.8. The lowest BCUT2D eigenvalue weighted by Crippen LogP contribution is -2.71. The average molecular weight is 1220 g/mol. The summed E-state index contributed by atoms with van der Waals surface area (Å²) in [5.74, 6) is 0. The molecule has 3 aliphatic heterocycles. The van der Waals surface area contributed by atoms with Gasteiger partial charge in [0.15, 0.2) is 0 Å². The Kier molecular flexibility index (Phi) is 12.2. The summed E-state index contributed by atoms with van der Waals surface area (Å²) in [6.07, 6.45) is 7.11. The molecule has 1 fully saturated rings. The van der Waals surface area contributed by atoms with E-state index >= 15 is 0 Å². The van der Waals surface area contributed by atoms with Crippen molar-refractivity contribution >= 4 is 89.1 Å². The highest BCUT2D eigenvalue weighted by molar-refractivity contribution is 7.25. The summed E-state index contributed by atoms with van der Waals surface area (Å²) in [4.78, 5) is 8.50. The van der Waals surface area contributed by atoms with Crippen LogP contribution in [0.25, 0.3) is 64.7 Å². The Morgan fingerprint density at radius 2 is 1.05 bits per heavy atom. The number of rotatable bonds is 6. The fourth-order valence-electron chi connectivity index (χ4n) is 18.4. The lowest BCUT2D eigenvalue weighted by molar-refractivity contribution is 0.199. The lowest BCUT2D eigenvalue weighted by Gasteiger charge is -2.55. The maximum Gasteiger partial charge on any atom is 0.328 e. The second kappa shape index (κ2) is 19.5. The van der Waals surface area contributed by atoms with Crippen LogP contribution in [-0.2, 0) is 32.5 Å². The van der Waals surface area contributed by atoms with E-state index in [9.17, 15) is 0 Å². The van der Waals surface area contributed by atoms with Crippen LogP contribution in [0.2, 0.25) is 0 Å². The van der Waals surface area contributed by atoms with Gasteiger partial charge in [-0.2, -0.15) is 0 Å². The minimum atomic E-state index is -0.364. The molecule has 0 bridgehead atoms. The molecule has 458 valence electrons. The number of benzene rings is 10. The van der Waals surface area contributed by atoms with E-state index in [1.54, 1.807) is 5.56 Å². The topological polar surface area (TPSA) is 9.72 Å². The highest BCUT2D eigenvalue weighted by atomic mass is 32.1. The van der Waals surface area contributed by atoms with Gasteiger partial charge in [0, 0.05) is 81.8 Å². The van der Waals surface area contributed by atoms with Gasteiger partial charge < -0.3 is 14.6 Å². The van der Waals surface area contributed by atoms with Crippen LogP contribution in [0.1, 0.15) is 174 Å². The average Bonchev–Trinajstić information content (AvgIpc) is 1.43. The van der Waals surface area contributed by atoms with Crippen LogP contribution < -0.4 is 25.5 Å². The summed E-state index contributed by atoms with van der Waals surface area (Å²) >= 11 is 1.90. The molecule has 4 heterocycles. The predicted molar refractivity (Wildman–Crippen MR) is 397 cm³/mol. The minimum Gasteiger partial charge on any atom is -0.400 e. The Balaban J connectivity index is 1.03. The third kappa shape index (κ3) is 8.12. The van der Waals surface area contributed by atoms with Crippen molar-refractivity contribution in [1.29, 1.82) is 0 Å². The zero-order chi connectivity index (χ0) is 63.6. The number of hydrogen-bond donors (Lipinski definition) is 0. The number of hydrogen-bond acceptors (Lipinski definition) is 4. The van der Waals surface area contributed by atoms with Crippen LogP contribution in [0.5, 0.6) is 0 Å². The highest BCUT2D eigenvalue weighted by Crippen LogP contribution is 2.66. The minimum absolute atomic E-state index is 0.0608. The molecule has 0 amide bonds. The standard InChI is InChI=1S/C87H86BN3S/c1-81(2,3)56-33-40-73(64(45-56)55-27-19-16-20-28-55)90-74-49-60(89(58-34-31-54(32-35-58)53-25-17-15-18-26-53)59-36-37-62-61-29-21-22-30-75(61)92-76(62)50-59)48-66-67-46-57(82(4,5)6)47-71-79(67)91(87(14)42-24-23-41-86(71,87)13)88(78(66)74)72-39-38-63-65-51-69-70(84(9,10)44-43-83(69,7)8)52-68(65)85(11,12)77(63)80(72)90/h15-22,25-40,45-52H,23-24,41-44H2,1-14H3. The summed E-state index contributed by atoms with van der Waals surface area (Å²) in [5, 5.41) is 2.61. The van der Waals surface area contributed by atoms with E-state index in [2.05, 4.69) is 306 Å². The maximum absolute atomic E-state index is 3.06. The van der Waals surface area contributed by atoms with E-state index in [4.69, 9.17) is 0 Å². The first kappa shape index (κ1) is 57.8. The summed E-state index contributed by atoms with van der Waals surface area (Å²) in [5.41, 5.74) is 31.4. The molecule has 6 aliphatic rings. The Hall–Kier alpha value is -8.12. The third-order valence-corrected chi connectivity index (χ3v) is 25.1. The van der Waals surface area contributed by atoms with Gasteiger partial charge in [0.05, 0.1) is 5.69 Å². The molecule has 2 atom stereocenters. The Morgan fingerprint density at radius 3 is 1.77 bits per heavy atom. The van der Waals surface area contributed by atoms with Gasteiger partial charge in [-0.05, 0) is 204 Å². The van der Waals surface area contributed by atoms with Gasteiger partial charge in [-0.3, -0.25) is 0 Å². The molecule has 92 heavy (non-hydrogen) atoms. The highest BCUT2D eigenvalue weighted by Gasteiger charge is 2.64. The molecule has 3 nitrogen and oxygen atoms in total. The molecule has 17 rings (SSSR count). The van der Waals surface area contributed by atoms with Gasteiger partial charge >= 0.3 is 6.85 Å². The van der Waals surface area contributed by atoms with E-state index in [1.165, 1.54) is 157 Å². The smallest absolute Gasteiger partial charge is 0.328 e. The largest absolute Gasteiger partial charge is 0.400 e. The van der Waals surface area contributed by atoms with Crippen molar-refractivity contribution < 1.29 is 0 Å². The Morgan fingerprint density at radius 1 is 0.424 bits per heavy atom. The SMILES string of the molecule is CC(C)(C)c1ccc(N2c3cc(N(c4ccc(-c5ccccc5)cc4)c4ccc5c(c4)sc4ccccc45)cc4c3B(c3ccc5c(c32)C(C)(C)c2cc3c(cc2-5)C(C)(C)CCC3(C)C)N2c3c-4cc(C(C)(C)C)cc3C3(C)CCCCC23C)c(-c2ccccc2)c1. The monoisotopic (exact) mass is 1220 g/mol. The van der Waals surface area contributed by atoms with Crippen molar-refractivity contribution in [3.63, 3.8) is 0 Å². The van der Waals surface area contributed by atoms with Crippen LogP contribution in [0.4, 0.5) is 39.8 Å². The van der Waals surface area contributed by atoms with Gasteiger partial charge in [0.25, 0.3) is 0 Å². The molecule has 5 heteroatoms. The predicted octanol–water partition coefficient (Wildman–Crippen LogP) is 23.1. The van der Waals surface area contributed by atoms with Crippen molar-refractivity contribution in [3.05, 3.63) is 233 Å². The lowest BCUT2D eigenvalue weighted by atomic mass is 9.41. The molecule has 10 aromatic carbocycles. The normalized spacial score (nSPS) is 20.1. The molecule has 2 unspecified atom stereocenters. The quantitative estimate of drug-likeness (QED) is 0.154. The van der Waals surface area contributed by atoms with E-state index in [-0.39, 0.29) is 44.9 Å². The number of anilines is 7. The second-order valence-corrected chi connectivity index (χ2v) is 33.7. The first-order valence-corrected chi connectivity index (χ1v) is 35.1. The van der Waals surface area contributed by atoms with Crippen LogP contribution in [0, 0.1) is 0 Å². The first-order valence-electron chi connectivity index (χ1n) is 34.3. The zero-order valence-corrected chi connectivity index (χ0v) is 57.4. The number of nitrogens with zero attached hydrogens (tertiary/aromatic N) is 3. The van der Waals surface area contributed by atoms with Gasteiger partial charge in [0.2, 0.25) is 0 Å². The Labute approximate surface area is 551 Å². The van der Waals surface area contributed by atoms with Crippen molar-refractivity contribution in [3.8, 4) is 44.5 Å². The van der Waals surface area contributed by atoms with Gasteiger partial charge in [-0.25, -0.2) is 0 Å². The first-order chi connectivity index (χ1) is 43.9. The molecule has 3 aliphatic carbocycles. The summed E-state index contributed by atoms with van der Waals surface area (Å²) in [6, 6.07) is 76.6. The Bertz CT molecular complexity index is 4920. The van der Waals surface area contributed by atoms with Crippen LogP contribution in [0.3, 0.4) is 0 Å². The van der Waals surface area contributed by atoms with Crippen LogP contribution >= 0.6 is 11.3 Å². The van der Waals surface area contributed by atoms with E-state index in [0.717, 1.165) is 29.9 Å². The molecule has 1 saturated carbocycles. The molecule has 0 spiro atoms. The van der Waals surface area contributed by atoms with E-state index in [1.807, 2.05) is 11.3 Å². The number of thiophene rings is 1. The van der Waals surface area contributed by atoms with Gasteiger partial charge in [0.1, 0.15) is 0 Å². The van der Waals surface area contributed by atoms with Crippen molar-refractivity contribution in [2.75, 3.05) is 14.6 Å². The number of fused-ring (bicyclic) bond motifs is 15. The fourth-order valence-corrected chi connectivity index (χ4v) is 19.5. The maximum atomic E-state index is 3.06. The molecule has 11 aromatic rings. The van der Waals surface area contributed by atoms with Crippen LogP contribution in [0.15, 0.2) is 194 Å². The van der Waals surface area contributed by atoms with E-state index in [0.29, 0.717) is 0 Å². The second-order valence-electron chi connectivity index (χ2n) is 32.7. The van der Waals surface area contributed by atoms with E-state index < -0.39 is 0 Å².